The van der Waals surface area contributed by atoms with Crippen LogP contribution in [0.2, 0.25) is 0 Å². The van der Waals surface area contributed by atoms with Crippen LogP contribution in [-0.2, 0) is 6.54 Å². The van der Waals surface area contributed by atoms with Crippen LogP contribution in [0.1, 0.15) is 31.2 Å². The van der Waals surface area contributed by atoms with Crippen LogP contribution in [-0.4, -0.2) is 23.0 Å². The predicted octanol–water partition coefficient (Wildman–Crippen LogP) is 1.95. The van der Waals surface area contributed by atoms with Gasteiger partial charge in [-0.25, -0.2) is 4.99 Å². The number of nitro groups is 1. The highest BCUT2D eigenvalue weighted by Crippen LogP contribution is 2.21. The van der Waals surface area contributed by atoms with Crippen LogP contribution >= 0.6 is 0 Å². The topological polar surface area (TPSA) is 79.6 Å². The van der Waals surface area contributed by atoms with Gasteiger partial charge < -0.3 is 10.6 Å². The highest BCUT2D eigenvalue weighted by atomic mass is 16.6. The summed E-state index contributed by atoms with van der Waals surface area (Å²) in [7, 11) is 0. The van der Waals surface area contributed by atoms with E-state index in [0.717, 1.165) is 11.5 Å². The smallest absolute Gasteiger partial charge is 0.269 e. The molecule has 6 nitrogen and oxygen atoms in total. The van der Waals surface area contributed by atoms with Gasteiger partial charge in [-0.1, -0.05) is 12.1 Å². The molecule has 2 saturated carbocycles. The van der Waals surface area contributed by atoms with Crippen molar-refractivity contribution in [1.29, 1.82) is 0 Å². The van der Waals surface area contributed by atoms with Gasteiger partial charge in [-0.15, -0.1) is 0 Å². The number of hydrogen-bond donors (Lipinski definition) is 2. The molecule has 0 spiro atoms. The summed E-state index contributed by atoms with van der Waals surface area (Å²) in [5.41, 5.74) is 1.09. The fraction of sp³-hybridized carbons (Fsp3) is 0.500. The fourth-order valence-corrected chi connectivity index (χ4v) is 1.87. The van der Waals surface area contributed by atoms with E-state index in [1.807, 2.05) is 0 Å². The first kappa shape index (κ1) is 12.9. The zero-order chi connectivity index (χ0) is 13.9. The van der Waals surface area contributed by atoms with Crippen molar-refractivity contribution in [2.24, 2.45) is 4.99 Å². The minimum absolute atomic E-state index is 0.116. The van der Waals surface area contributed by atoms with E-state index in [9.17, 15) is 10.1 Å². The predicted molar refractivity (Wildman–Crippen MR) is 76.6 cm³/mol. The molecule has 6 heteroatoms. The number of non-ortho nitro benzene ring substituents is 1. The molecule has 0 aromatic heterocycles. The van der Waals surface area contributed by atoms with Crippen LogP contribution in [0, 0.1) is 10.1 Å². The standard InChI is InChI=1S/C14H18N4O2/c19-18(20)13-7-1-10(2-8-13)9-15-14(16-11-3-4-11)17-12-5-6-12/h1-2,7-8,11-12H,3-6,9H2,(H2,15,16,17). The van der Waals surface area contributed by atoms with Crippen LogP contribution in [0.15, 0.2) is 29.3 Å². The van der Waals surface area contributed by atoms with E-state index in [1.165, 1.54) is 37.8 Å². The van der Waals surface area contributed by atoms with Crippen molar-refractivity contribution >= 4 is 11.6 Å². The second-order valence-corrected chi connectivity index (χ2v) is 5.43. The van der Waals surface area contributed by atoms with Crippen molar-refractivity contribution in [3.8, 4) is 0 Å². The minimum Gasteiger partial charge on any atom is -0.354 e. The Labute approximate surface area is 117 Å². The van der Waals surface area contributed by atoms with Gasteiger partial charge in [0.2, 0.25) is 0 Å². The first-order valence-electron chi connectivity index (χ1n) is 7.01. The summed E-state index contributed by atoms with van der Waals surface area (Å²) < 4.78 is 0. The van der Waals surface area contributed by atoms with E-state index in [4.69, 9.17) is 0 Å². The molecule has 2 aliphatic carbocycles. The Morgan fingerprint density at radius 2 is 1.70 bits per heavy atom. The second kappa shape index (κ2) is 5.48. The van der Waals surface area contributed by atoms with Crippen molar-refractivity contribution in [2.45, 2.75) is 44.3 Å². The number of nitro benzene ring substituents is 1. The number of guanidine groups is 1. The average molecular weight is 274 g/mol. The van der Waals surface area contributed by atoms with Gasteiger partial charge >= 0.3 is 0 Å². The summed E-state index contributed by atoms with van der Waals surface area (Å²) in [4.78, 5) is 14.8. The molecule has 1 aromatic rings. The molecule has 0 unspecified atom stereocenters. The molecule has 106 valence electrons. The van der Waals surface area contributed by atoms with Gasteiger partial charge in [0.25, 0.3) is 5.69 Å². The molecule has 0 aliphatic heterocycles. The summed E-state index contributed by atoms with van der Waals surface area (Å²) >= 11 is 0. The summed E-state index contributed by atoms with van der Waals surface area (Å²) in [6.07, 6.45) is 4.84. The number of rotatable bonds is 5. The van der Waals surface area contributed by atoms with Crippen LogP contribution in [0.3, 0.4) is 0 Å². The Morgan fingerprint density at radius 1 is 1.15 bits per heavy atom. The van der Waals surface area contributed by atoms with E-state index < -0.39 is 0 Å². The molecular weight excluding hydrogens is 256 g/mol. The first-order valence-corrected chi connectivity index (χ1v) is 7.01. The summed E-state index contributed by atoms with van der Waals surface area (Å²) in [6, 6.07) is 7.69. The Balaban J connectivity index is 1.61. The molecule has 2 N–H and O–H groups in total. The normalized spacial score (nSPS) is 17.4. The summed E-state index contributed by atoms with van der Waals surface area (Å²) in [5, 5.41) is 17.4. The summed E-state index contributed by atoms with van der Waals surface area (Å²) in [5.74, 6) is 0.869. The molecular formula is C14H18N4O2. The van der Waals surface area contributed by atoms with Crippen molar-refractivity contribution in [1.82, 2.24) is 10.6 Å². The zero-order valence-corrected chi connectivity index (χ0v) is 11.2. The number of hydrogen-bond acceptors (Lipinski definition) is 3. The van der Waals surface area contributed by atoms with Gasteiger partial charge in [0, 0.05) is 24.2 Å². The molecule has 0 bridgehead atoms. The molecule has 3 rings (SSSR count). The lowest BCUT2D eigenvalue weighted by molar-refractivity contribution is -0.384. The van der Waals surface area contributed by atoms with E-state index in [2.05, 4.69) is 15.6 Å². The van der Waals surface area contributed by atoms with Crippen molar-refractivity contribution in [2.75, 3.05) is 0 Å². The van der Waals surface area contributed by atoms with Crippen molar-refractivity contribution < 1.29 is 4.92 Å². The first-order chi connectivity index (χ1) is 9.70. The molecule has 0 saturated heterocycles. The molecule has 2 aliphatic rings. The molecule has 0 atom stereocenters. The maximum Gasteiger partial charge on any atom is 0.269 e. The number of nitrogens with zero attached hydrogens (tertiary/aromatic N) is 2. The average Bonchev–Trinajstić information content (AvgIpc) is 3.32. The quantitative estimate of drug-likeness (QED) is 0.372. The molecule has 2 fully saturated rings. The van der Waals surface area contributed by atoms with Crippen LogP contribution in [0.25, 0.3) is 0 Å². The molecule has 0 heterocycles. The molecule has 0 radical (unpaired) electrons. The Bertz CT molecular complexity index is 502. The number of aliphatic imine (C=N–C) groups is 1. The molecule has 0 amide bonds. The van der Waals surface area contributed by atoms with Crippen molar-refractivity contribution in [3.63, 3.8) is 0 Å². The number of nitrogens with one attached hydrogen (secondary N) is 2. The maximum atomic E-state index is 10.6. The highest BCUT2D eigenvalue weighted by molar-refractivity contribution is 5.81. The zero-order valence-electron chi connectivity index (χ0n) is 11.2. The minimum atomic E-state index is -0.387. The highest BCUT2D eigenvalue weighted by Gasteiger charge is 2.26. The maximum absolute atomic E-state index is 10.6. The fourth-order valence-electron chi connectivity index (χ4n) is 1.87. The second-order valence-electron chi connectivity index (χ2n) is 5.43. The van der Waals surface area contributed by atoms with Crippen LogP contribution in [0.5, 0.6) is 0 Å². The third-order valence-corrected chi connectivity index (χ3v) is 3.40. The monoisotopic (exact) mass is 274 g/mol. The van der Waals surface area contributed by atoms with Gasteiger partial charge in [0.1, 0.15) is 0 Å². The number of benzene rings is 1. The van der Waals surface area contributed by atoms with Gasteiger partial charge in [0.05, 0.1) is 11.5 Å². The molecule has 20 heavy (non-hydrogen) atoms. The lowest BCUT2D eigenvalue weighted by Gasteiger charge is -2.11. The van der Waals surface area contributed by atoms with Gasteiger partial charge in [-0.05, 0) is 31.2 Å². The van der Waals surface area contributed by atoms with Crippen LogP contribution in [0.4, 0.5) is 5.69 Å². The van der Waals surface area contributed by atoms with Crippen molar-refractivity contribution in [3.05, 3.63) is 39.9 Å². The van der Waals surface area contributed by atoms with E-state index in [-0.39, 0.29) is 10.6 Å². The summed E-state index contributed by atoms with van der Waals surface area (Å²) in [6.45, 7) is 0.534. The largest absolute Gasteiger partial charge is 0.354 e. The van der Waals surface area contributed by atoms with Gasteiger partial charge in [0.15, 0.2) is 5.96 Å². The lowest BCUT2D eigenvalue weighted by Crippen LogP contribution is -2.39. The third-order valence-electron chi connectivity index (χ3n) is 3.40. The SMILES string of the molecule is O=[N+]([O-])c1ccc(CN=C(NC2CC2)NC2CC2)cc1. The Hall–Kier alpha value is -2.11. The third kappa shape index (κ3) is 3.69. The molecule has 1 aromatic carbocycles. The van der Waals surface area contributed by atoms with Crippen LogP contribution < -0.4 is 10.6 Å². The Morgan fingerprint density at radius 3 is 2.15 bits per heavy atom. The Kier molecular flexibility index (Phi) is 3.54. The van der Waals surface area contributed by atoms with Gasteiger partial charge in [-0.2, -0.15) is 0 Å². The van der Waals surface area contributed by atoms with E-state index >= 15 is 0 Å². The van der Waals surface area contributed by atoms with Gasteiger partial charge in [-0.3, -0.25) is 10.1 Å². The van der Waals surface area contributed by atoms with E-state index in [0.29, 0.717) is 18.6 Å². The van der Waals surface area contributed by atoms with E-state index in [1.54, 1.807) is 12.1 Å². The lowest BCUT2D eigenvalue weighted by atomic mass is 10.2.